The number of nitrogens with one attached hydrogen (secondary N) is 1. The van der Waals surface area contributed by atoms with E-state index in [1.807, 2.05) is 38.1 Å². The van der Waals surface area contributed by atoms with Gasteiger partial charge in [0.05, 0.1) is 0 Å². The molecule has 78 valence electrons. The molecule has 0 bridgehead atoms. The molecule has 1 rings (SSSR count). The maximum absolute atomic E-state index is 5.86. The van der Waals surface area contributed by atoms with Crippen molar-refractivity contribution in [1.29, 1.82) is 0 Å². The lowest BCUT2D eigenvalue weighted by Crippen LogP contribution is -2.34. The van der Waals surface area contributed by atoms with E-state index in [0.29, 0.717) is 0 Å². The van der Waals surface area contributed by atoms with E-state index >= 15 is 0 Å². The van der Waals surface area contributed by atoms with E-state index in [-0.39, 0.29) is 5.54 Å². The van der Waals surface area contributed by atoms with Crippen molar-refractivity contribution in [3.05, 3.63) is 29.3 Å². The van der Waals surface area contributed by atoms with Gasteiger partial charge in [0.2, 0.25) is 0 Å². The lowest BCUT2D eigenvalue weighted by Gasteiger charge is -2.18. The van der Waals surface area contributed by atoms with Gasteiger partial charge in [-0.15, -0.1) is 0 Å². The zero-order valence-electron chi connectivity index (χ0n) is 8.68. The summed E-state index contributed by atoms with van der Waals surface area (Å²) < 4.78 is 0. The number of benzene rings is 1. The standard InChI is InChI=1S/C11H17ClN2/c1-11(2,13)7-8-14-10-5-3-9(12)4-6-10/h3-6,14H,7-8,13H2,1-2H3. The topological polar surface area (TPSA) is 38.0 Å². The lowest BCUT2D eigenvalue weighted by molar-refractivity contribution is 0.491. The first-order valence-electron chi connectivity index (χ1n) is 4.76. The van der Waals surface area contributed by atoms with Crippen molar-refractivity contribution < 1.29 is 0 Å². The van der Waals surface area contributed by atoms with Gasteiger partial charge in [0.1, 0.15) is 0 Å². The van der Waals surface area contributed by atoms with E-state index in [9.17, 15) is 0 Å². The van der Waals surface area contributed by atoms with Gasteiger partial charge < -0.3 is 11.1 Å². The van der Waals surface area contributed by atoms with Crippen LogP contribution >= 0.6 is 11.6 Å². The molecule has 0 saturated carbocycles. The molecule has 2 nitrogen and oxygen atoms in total. The molecule has 0 unspecified atom stereocenters. The van der Waals surface area contributed by atoms with Gasteiger partial charge in [-0.1, -0.05) is 11.6 Å². The van der Waals surface area contributed by atoms with Crippen molar-refractivity contribution >= 4 is 17.3 Å². The third kappa shape index (κ3) is 4.49. The van der Waals surface area contributed by atoms with Crippen molar-refractivity contribution in [3.8, 4) is 0 Å². The van der Waals surface area contributed by atoms with E-state index < -0.39 is 0 Å². The predicted octanol–water partition coefficient (Wildman–Crippen LogP) is 2.88. The van der Waals surface area contributed by atoms with Crippen LogP contribution in [0.3, 0.4) is 0 Å². The van der Waals surface area contributed by atoms with Crippen LogP contribution in [-0.4, -0.2) is 12.1 Å². The molecule has 0 amide bonds. The first-order valence-corrected chi connectivity index (χ1v) is 5.13. The van der Waals surface area contributed by atoms with Crippen molar-refractivity contribution in [2.75, 3.05) is 11.9 Å². The van der Waals surface area contributed by atoms with Gasteiger partial charge in [0.15, 0.2) is 0 Å². The second-order valence-electron chi connectivity index (χ2n) is 4.17. The molecule has 14 heavy (non-hydrogen) atoms. The van der Waals surface area contributed by atoms with Crippen LogP contribution < -0.4 is 11.1 Å². The van der Waals surface area contributed by atoms with E-state index in [1.54, 1.807) is 0 Å². The van der Waals surface area contributed by atoms with Crippen LogP contribution in [0.2, 0.25) is 5.02 Å². The summed E-state index contributed by atoms with van der Waals surface area (Å²) in [5.41, 5.74) is 6.83. The molecule has 0 radical (unpaired) electrons. The number of nitrogens with two attached hydrogens (primary N) is 1. The van der Waals surface area contributed by atoms with E-state index in [2.05, 4.69) is 5.32 Å². The largest absolute Gasteiger partial charge is 0.385 e. The van der Waals surface area contributed by atoms with Crippen LogP contribution in [-0.2, 0) is 0 Å². The average molecular weight is 213 g/mol. The zero-order chi connectivity index (χ0) is 10.6. The van der Waals surface area contributed by atoms with Gasteiger partial charge in [-0.2, -0.15) is 0 Å². The predicted molar refractivity (Wildman–Crippen MR) is 62.8 cm³/mol. The summed E-state index contributed by atoms with van der Waals surface area (Å²) in [6.07, 6.45) is 0.940. The Morgan fingerprint density at radius 2 is 1.86 bits per heavy atom. The molecular weight excluding hydrogens is 196 g/mol. The zero-order valence-corrected chi connectivity index (χ0v) is 9.43. The van der Waals surface area contributed by atoms with Gasteiger partial charge in [0, 0.05) is 22.8 Å². The summed E-state index contributed by atoms with van der Waals surface area (Å²) in [6.45, 7) is 4.93. The summed E-state index contributed by atoms with van der Waals surface area (Å²) in [7, 11) is 0. The molecule has 0 spiro atoms. The molecule has 0 aromatic heterocycles. The van der Waals surface area contributed by atoms with Crippen molar-refractivity contribution in [2.45, 2.75) is 25.8 Å². The summed E-state index contributed by atoms with van der Waals surface area (Å²) >= 11 is 5.77. The second-order valence-corrected chi connectivity index (χ2v) is 4.61. The van der Waals surface area contributed by atoms with Crippen LogP contribution in [0.5, 0.6) is 0 Å². The lowest BCUT2D eigenvalue weighted by atomic mass is 10.0. The van der Waals surface area contributed by atoms with Gasteiger partial charge >= 0.3 is 0 Å². The van der Waals surface area contributed by atoms with Crippen LogP contribution in [0.4, 0.5) is 5.69 Å². The normalized spacial score (nSPS) is 11.4. The van der Waals surface area contributed by atoms with E-state index in [4.69, 9.17) is 17.3 Å². The van der Waals surface area contributed by atoms with E-state index in [1.165, 1.54) is 0 Å². The van der Waals surface area contributed by atoms with Crippen LogP contribution in [0.1, 0.15) is 20.3 Å². The maximum atomic E-state index is 5.86. The minimum atomic E-state index is -0.112. The average Bonchev–Trinajstić information content (AvgIpc) is 2.06. The summed E-state index contributed by atoms with van der Waals surface area (Å²) in [5, 5.41) is 4.05. The van der Waals surface area contributed by atoms with Gasteiger partial charge in [-0.25, -0.2) is 0 Å². The van der Waals surface area contributed by atoms with Crippen LogP contribution in [0, 0.1) is 0 Å². The Kier molecular flexibility index (Phi) is 3.78. The minimum Gasteiger partial charge on any atom is -0.385 e. The highest BCUT2D eigenvalue weighted by molar-refractivity contribution is 6.30. The number of anilines is 1. The molecule has 0 aliphatic carbocycles. The molecule has 0 aliphatic heterocycles. The first kappa shape index (κ1) is 11.3. The molecule has 0 atom stereocenters. The number of hydrogen-bond donors (Lipinski definition) is 2. The summed E-state index contributed by atoms with van der Waals surface area (Å²) in [5.74, 6) is 0. The quantitative estimate of drug-likeness (QED) is 0.806. The third-order valence-corrected chi connectivity index (χ3v) is 2.19. The third-order valence-electron chi connectivity index (χ3n) is 1.94. The fraction of sp³-hybridized carbons (Fsp3) is 0.455. The minimum absolute atomic E-state index is 0.112. The van der Waals surface area contributed by atoms with Gasteiger partial charge in [0.25, 0.3) is 0 Å². The SMILES string of the molecule is CC(C)(N)CCNc1ccc(Cl)cc1. The van der Waals surface area contributed by atoms with E-state index in [0.717, 1.165) is 23.7 Å². The maximum Gasteiger partial charge on any atom is 0.0407 e. The number of halogens is 1. The summed E-state index contributed by atoms with van der Waals surface area (Å²) in [4.78, 5) is 0. The molecule has 1 aromatic rings. The second kappa shape index (κ2) is 4.67. The molecular formula is C11H17ClN2. The molecule has 0 fully saturated rings. The van der Waals surface area contributed by atoms with Crippen molar-refractivity contribution in [2.24, 2.45) is 5.73 Å². The molecule has 3 heteroatoms. The molecule has 0 saturated heterocycles. The monoisotopic (exact) mass is 212 g/mol. The fourth-order valence-electron chi connectivity index (χ4n) is 1.10. The Morgan fingerprint density at radius 1 is 1.29 bits per heavy atom. The fourth-order valence-corrected chi connectivity index (χ4v) is 1.22. The Hall–Kier alpha value is -0.730. The van der Waals surface area contributed by atoms with Crippen molar-refractivity contribution in [1.82, 2.24) is 0 Å². The number of rotatable bonds is 4. The Balaban J connectivity index is 2.35. The highest BCUT2D eigenvalue weighted by Gasteiger charge is 2.08. The highest BCUT2D eigenvalue weighted by atomic mass is 35.5. The number of hydrogen-bond acceptors (Lipinski definition) is 2. The smallest absolute Gasteiger partial charge is 0.0407 e. The molecule has 3 N–H and O–H groups in total. The molecule has 0 heterocycles. The van der Waals surface area contributed by atoms with Crippen molar-refractivity contribution in [3.63, 3.8) is 0 Å². The van der Waals surface area contributed by atoms with Gasteiger partial charge in [-0.05, 0) is 44.5 Å². The van der Waals surface area contributed by atoms with Crippen LogP contribution in [0.25, 0.3) is 0 Å². The Bertz CT molecular complexity index is 274. The Labute approximate surface area is 90.4 Å². The van der Waals surface area contributed by atoms with Gasteiger partial charge in [-0.3, -0.25) is 0 Å². The summed E-state index contributed by atoms with van der Waals surface area (Å²) in [6, 6.07) is 7.67. The Morgan fingerprint density at radius 3 is 2.36 bits per heavy atom. The molecule has 0 aliphatic rings. The molecule has 1 aromatic carbocycles. The highest BCUT2D eigenvalue weighted by Crippen LogP contribution is 2.13. The van der Waals surface area contributed by atoms with Crippen LogP contribution in [0.15, 0.2) is 24.3 Å². The first-order chi connectivity index (χ1) is 6.47.